The summed E-state index contributed by atoms with van der Waals surface area (Å²) in [5.41, 5.74) is 0. The molecule has 0 saturated carbocycles. The van der Waals surface area contributed by atoms with Crippen LogP contribution in [0.25, 0.3) is 0 Å². The molecule has 2 heterocycles. The quantitative estimate of drug-likeness (QED) is 0.784. The number of tetrazole rings is 1. The normalized spacial score (nSPS) is 20.3. The molecule has 0 spiro atoms. The van der Waals surface area contributed by atoms with Gasteiger partial charge in [-0.3, -0.25) is 14.5 Å². The number of aromatic amines is 1. The Bertz CT molecular complexity index is 422. The molecule has 0 bridgehead atoms. The zero-order valence-corrected chi connectivity index (χ0v) is 12.2. The predicted molar refractivity (Wildman–Crippen MR) is 71.2 cm³/mol. The van der Waals surface area contributed by atoms with Crippen molar-refractivity contribution in [1.82, 2.24) is 30.6 Å². The fourth-order valence-corrected chi connectivity index (χ4v) is 2.46. The number of hydrogen-bond acceptors (Lipinski definition) is 6. The van der Waals surface area contributed by atoms with Gasteiger partial charge in [-0.05, 0) is 33.2 Å². The van der Waals surface area contributed by atoms with Crippen LogP contribution in [0.3, 0.4) is 0 Å². The number of piperidine rings is 1. The average molecular weight is 282 g/mol. The second kappa shape index (κ2) is 6.76. The smallest absolute Gasteiger partial charge is 0.243 e. The van der Waals surface area contributed by atoms with Gasteiger partial charge < -0.3 is 0 Å². The second-order valence-electron chi connectivity index (χ2n) is 5.36. The number of amides is 1. The van der Waals surface area contributed by atoms with Crippen LogP contribution in [-0.4, -0.2) is 61.7 Å². The lowest BCUT2D eigenvalue weighted by molar-refractivity contribution is -0.219. The largest absolute Gasteiger partial charge is 0.294 e. The number of hydroxylamine groups is 2. The van der Waals surface area contributed by atoms with E-state index in [1.807, 2.05) is 13.8 Å². The lowest BCUT2D eigenvalue weighted by Gasteiger charge is -2.38. The number of rotatable bonds is 5. The van der Waals surface area contributed by atoms with E-state index in [9.17, 15) is 4.79 Å². The molecule has 0 aliphatic carbocycles. The third-order valence-corrected chi connectivity index (χ3v) is 3.20. The average Bonchev–Trinajstić information content (AvgIpc) is 2.88. The van der Waals surface area contributed by atoms with Crippen molar-refractivity contribution in [3.8, 4) is 0 Å². The maximum Gasteiger partial charge on any atom is 0.243 e. The van der Waals surface area contributed by atoms with Crippen molar-refractivity contribution in [2.24, 2.45) is 0 Å². The van der Waals surface area contributed by atoms with Crippen molar-refractivity contribution >= 4 is 5.91 Å². The Morgan fingerprint density at radius 2 is 2.40 bits per heavy atom. The molecule has 1 saturated heterocycles. The molecule has 1 atom stereocenters. The van der Waals surface area contributed by atoms with Crippen LogP contribution in [0.4, 0.5) is 0 Å². The van der Waals surface area contributed by atoms with E-state index >= 15 is 0 Å². The van der Waals surface area contributed by atoms with Gasteiger partial charge in [0.25, 0.3) is 0 Å². The Morgan fingerprint density at radius 1 is 1.60 bits per heavy atom. The van der Waals surface area contributed by atoms with Crippen molar-refractivity contribution in [3.63, 3.8) is 0 Å². The predicted octanol–water partition coefficient (Wildman–Crippen LogP) is 0.353. The monoisotopic (exact) mass is 282 g/mol. The first-order valence-electron chi connectivity index (χ1n) is 6.97. The zero-order chi connectivity index (χ0) is 14.5. The van der Waals surface area contributed by atoms with Gasteiger partial charge in [0.05, 0.1) is 18.7 Å². The minimum atomic E-state index is -0.0508. The lowest BCUT2D eigenvalue weighted by Crippen LogP contribution is -2.50. The van der Waals surface area contributed by atoms with Crippen LogP contribution in [-0.2, 0) is 16.2 Å². The van der Waals surface area contributed by atoms with Gasteiger partial charge in [0, 0.05) is 13.5 Å². The van der Waals surface area contributed by atoms with Crippen molar-refractivity contribution < 1.29 is 9.63 Å². The lowest BCUT2D eigenvalue weighted by atomic mass is 10.1. The topological polar surface area (TPSA) is 87.2 Å². The number of H-pyrrole nitrogens is 1. The number of nitrogens with zero attached hydrogens (tertiary/aromatic N) is 5. The molecule has 8 nitrogen and oxygen atoms in total. The molecule has 1 aliphatic heterocycles. The maximum atomic E-state index is 11.7. The summed E-state index contributed by atoms with van der Waals surface area (Å²) in [7, 11) is 0. The number of carbonyl (C=O) groups excluding carboxylic acids is 1. The van der Waals surface area contributed by atoms with Gasteiger partial charge in [-0.15, -0.1) is 10.2 Å². The van der Waals surface area contributed by atoms with Gasteiger partial charge in [0.2, 0.25) is 5.91 Å². The van der Waals surface area contributed by atoms with Gasteiger partial charge in [0.15, 0.2) is 5.82 Å². The third-order valence-electron chi connectivity index (χ3n) is 3.20. The molecule has 1 unspecified atom stereocenters. The maximum absolute atomic E-state index is 11.7. The Balaban J connectivity index is 1.95. The minimum absolute atomic E-state index is 0.00789. The van der Waals surface area contributed by atoms with Crippen molar-refractivity contribution in [2.45, 2.75) is 52.3 Å². The van der Waals surface area contributed by atoms with Crippen LogP contribution in [0.1, 0.15) is 39.4 Å². The molecule has 0 aromatic carbocycles. The summed E-state index contributed by atoms with van der Waals surface area (Å²) in [6, 6.07) is 0.0792. The molecule has 1 aromatic rings. The Morgan fingerprint density at radius 3 is 3.00 bits per heavy atom. The molecule has 0 radical (unpaired) electrons. The van der Waals surface area contributed by atoms with E-state index in [0.717, 1.165) is 25.9 Å². The molecular formula is C12H22N6O2. The summed E-state index contributed by atoms with van der Waals surface area (Å²) in [4.78, 5) is 19.6. The van der Waals surface area contributed by atoms with Crippen LogP contribution >= 0.6 is 0 Å². The highest BCUT2D eigenvalue weighted by molar-refractivity contribution is 5.72. The molecule has 8 heteroatoms. The minimum Gasteiger partial charge on any atom is -0.294 e. The van der Waals surface area contributed by atoms with Gasteiger partial charge in [-0.1, -0.05) is 5.21 Å². The molecule has 1 aliphatic rings. The standard InChI is InChI=1S/C12H22N6O2/c1-9(2)20-18(10(3)19)11-5-4-6-17(7-11)8-12-13-15-16-14-12/h9,11H,4-8H2,1-3H3,(H,13,14,15,16). The number of nitrogens with one attached hydrogen (secondary N) is 1. The summed E-state index contributed by atoms with van der Waals surface area (Å²) in [6.07, 6.45) is 1.97. The fraction of sp³-hybridized carbons (Fsp3) is 0.833. The Labute approximate surface area is 118 Å². The Hall–Kier alpha value is -1.54. The van der Waals surface area contributed by atoms with Crippen LogP contribution < -0.4 is 0 Å². The number of aromatic nitrogens is 4. The first-order chi connectivity index (χ1) is 9.56. The SMILES string of the molecule is CC(=O)N(OC(C)C)C1CCCN(Cc2nn[nH]n2)C1. The molecule has 1 aromatic heterocycles. The van der Waals surface area contributed by atoms with Gasteiger partial charge in [-0.25, -0.2) is 5.06 Å². The van der Waals surface area contributed by atoms with Crippen LogP contribution in [0.2, 0.25) is 0 Å². The van der Waals surface area contributed by atoms with E-state index < -0.39 is 0 Å². The Kier molecular flexibility index (Phi) is 5.02. The van der Waals surface area contributed by atoms with Crippen molar-refractivity contribution in [3.05, 3.63) is 5.82 Å². The van der Waals surface area contributed by atoms with E-state index in [1.54, 1.807) is 6.92 Å². The molecular weight excluding hydrogens is 260 g/mol. The van der Waals surface area contributed by atoms with E-state index in [4.69, 9.17) is 4.84 Å². The zero-order valence-electron chi connectivity index (χ0n) is 12.2. The first-order valence-corrected chi connectivity index (χ1v) is 6.97. The summed E-state index contributed by atoms with van der Waals surface area (Å²) >= 11 is 0. The summed E-state index contributed by atoms with van der Waals surface area (Å²) in [5.74, 6) is 0.620. The van der Waals surface area contributed by atoms with E-state index in [0.29, 0.717) is 12.4 Å². The molecule has 1 fully saturated rings. The van der Waals surface area contributed by atoms with Gasteiger partial charge >= 0.3 is 0 Å². The molecule has 1 amide bonds. The van der Waals surface area contributed by atoms with E-state index in [1.165, 1.54) is 5.06 Å². The molecule has 2 rings (SSSR count). The summed E-state index contributed by atoms with van der Waals surface area (Å²) < 4.78 is 0. The highest BCUT2D eigenvalue weighted by Gasteiger charge is 2.29. The second-order valence-corrected chi connectivity index (χ2v) is 5.36. The highest BCUT2D eigenvalue weighted by Crippen LogP contribution is 2.18. The number of likely N-dealkylation sites (tertiary alicyclic amines) is 1. The fourth-order valence-electron chi connectivity index (χ4n) is 2.46. The number of carbonyl (C=O) groups is 1. The number of hydrogen-bond donors (Lipinski definition) is 1. The van der Waals surface area contributed by atoms with Gasteiger partial charge in [-0.2, -0.15) is 5.21 Å². The third kappa shape index (κ3) is 3.97. The molecule has 1 N–H and O–H groups in total. The van der Waals surface area contributed by atoms with E-state index in [2.05, 4.69) is 25.5 Å². The molecule has 20 heavy (non-hydrogen) atoms. The van der Waals surface area contributed by atoms with Crippen molar-refractivity contribution in [1.29, 1.82) is 0 Å². The van der Waals surface area contributed by atoms with Crippen LogP contribution in [0.15, 0.2) is 0 Å². The van der Waals surface area contributed by atoms with E-state index in [-0.39, 0.29) is 18.1 Å². The van der Waals surface area contributed by atoms with Gasteiger partial charge in [0.1, 0.15) is 0 Å². The van der Waals surface area contributed by atoms with Crippen LogP contribution in [0, 0.1) is 0 Å². The first kappa shape index (κ1) is 14.9. The van der Waals surface area contributed by atoms with Crippen LogP contribution in [0.5, 0.6) is 0 Å². The summed E-state index contributed by atoms with van der Waals surface area (Å²) in [5, 5.41) is 15.5. The highest BCUT2D eigenvalue weighted by atomic mass is 16.7. The summed E-state index contributed by atoms with van der Waals surface area (Å²) in [6.45, 7) is 7.77. The molecule has 112 valence electrons. The van der Waals surface area contributed by atoms with Crippen molar-refractivity contribution in [2.75, 3.05) is 13.1 Å².